The monoisotopic (exact) mass is 416 g/mol. The van der Waals surface area contributed by atoms with E-state index in [1.807, 2.05) is 45.9 Å². The maximum atomic E-state index is 12.4. The van der Waals surface area contributed by atoms with E-state index in [-0.39, 0.29) is 12.1 Å². The molecule has 30 heavy (non-hydrogen) atoms. The van der Waals surface area contributed by atoms with Crippen molar-refractivity contribution in [2.24, 2.45) is 0 Å². The van der Waals surface area contributed by atoms with Crippen LogP contribution in [-0.2, 0) is 17.7 Å². The molecule has 1 aliphatic rings. The van der Waals surface area contributed by atoms with Gasteiger partial charge in [-0.2, -0.15) is 0 Å². The molecule has 0 saturated carbocycles. The number of rotatable bonds is 7. The summed E-state index contributed by atoms with van der Waals surface area (Å²) in [4.78, 5) is 12.4. The second-order valence-corrected chi connectivity index (χ2v) is 8.71. The lowest BCUT2D eigenvalue weighted by Crippen LogP contribution is -2.43. The van der Waals surface area contributed by atoms with Gasteiger partial charge in [0.05, 0.1) is 13.4 Å². The Morgan fingerprint density at radius 1 is 1.33 bits per heavy atom. The molecule has 1 aromatic heterocycles. The van der Waals surface area contributed by atoms with Gasteiger partial charge in [-0.15, -0.1) is 0 Å². The minimum Gasteiger partial charge on any atom is -0.496 e. The number of methoxy groups -OCH3 is 1. The molecule has 164 valence electrons. The van der Waals surface area contributed by atoms with Crippen LogP contribution in [0.5, 0.6) is 11.5 Å². The van der Waals surface area contributed by atoms with Crippen LogP contribution < -0.4 is 20.1 Å². The molecule has 7 nitrogen and oxygen atoms in total. The fourth-order valence-electron chi connectivity index (χ4n) is 3.54. The first kappa shape index (κ1) is 22.0. The minimum atomic E-state index is -0.580. The van der Waals surface area contributed by atoms with Gasteiger partial charge in [0.25, 0.3) is 0 Å². The molecule has 3 rings (SSSR count). The van der Waals surface area contributed by atoms with Crippen LogP contribution in [0.4, 0.5) is 4.79 Å². The van der Waals surface area contributed by atoms with Crippen molar-refractivity contribution in [3.63, 3.8) is 0 Å². The van der Waals surface area contributed by atoms with Crippen molar-refractivity contribution < 1.29 is 23.4 Å². The van der Waals surface area contributed by atoms with E-state index in [0.29, 0.717) is 12.3 Å². The molecule has 1 amide bonds. The average molecular weight is 417 g/mol. The van der Waals surface area contributed by atoms with Gasteiger partial charge in [-0.25, -0.2) is 4.79 Å². The highest BCUT2D eigenvalue weighted by Crippen LogP contribution is 2.35. The Kier molecular flexibility index (Phi) is 6.61. The van der Waals surface area contributed by atoms with E-state index in [1.165, 1.54) is 0 Å². The number of hydrogen-bond acceptors (Lipinski definition) is 6. The number of carbonyl (C=O) groups excluding carboxylic acids is 1. The first-order valence-electron chi connectivity index (χ1n) is 10.3. The topological polar surface area (TPSA) is 82.0 Å². The Hall–Kier alpha value is -2.67. The predicted octanol–water partition coefficient (Wildman–Crippen LogP) is 4.36. The van der Waals surface area contributed by atoms with Crippen LogP contribution in [0.2, 0.25) is 0 Å². The molecule has 2 heterocycles. The molecule has 0 bridgehead atoms. The lowest BCUT2D eigenvalue weighted by Gasteiger charge is -2.27. The Morgan fingerprint density at radius 3 is 2.73 bits per heavy atom. The molecule has 1 aliphatic heterocycles. The van der Waals surface area contributed by atoms with E-state index >= 15 is 0 Å². The van der Waals surface area contributed by atoms with Crippen LogP contribution in [0.1, 0.15) is 57.5 Å². The Balaban J connectivity index is 1.71. The van der Waals surface area contributed by atoms with Gasteiger partial charge >= 0.3 is 6.09 Å². The van der Waals surface area contributed by atoms with Crippen molar-refractivity contribution >= 4 is 6.09 Å². The predicted molar refractivity (Wildman–Crippen MR) is 114 cm³/mol. The molecule has 0 spiro atoms. The van der Waals surface area contributed by atoms with Crippen molar-refractivity contribution in [3.8, 4) is 11.5 Å². The van der Waals surface area contributed by atoms with Crippen LogP contribution in [0, 0.1) is 0 Å². The largest absolute Gasteiger partial charge is 0.496 e. The highest BCUT2D eigenvalue weighted by atomic mass is 16.6. The molecule has 7 heteroatoms. The van der Waals surface area contributed by atoms with Gasteiger partial charge in [0, 0.05) is 30.1 Å². The van der Waals surface area contributed by atoms with Gasteiger partial charge < -0.3 is 29.3 Å². The van der Waals surface area contributed by atoms with Gasteiger partial charge in [0.15, 0.2) is 0 Å². The van der Waals surface area contributed by atoms with Gasteiger partial charge in [-0.3, -0.25) is 0 Å². The summed E-state index contributed by atoms with van der Waals surface area (Å²) in [6.45, 7) is 10.1. The number of fused-ring (bicyclic) bond motifs is 1. The lowest BCUT2D eigenvalue weighted by atomic mass is 10.0. The van der Waals surface area contributed by atoms with Crippen LogP contribution in [-0.4, -0.2) is 30.9 Å². The highest BCUT2D eigenvalue weighted by molar-refractivity contribution is 5.68. The van der Waals surface area contributed by atoms with Crippen molar-refractivity contribution in [2.75, 3.05) is 7.11 Å². The number of nitrogens with one attached hydrogen (secondary N) is 2. The summed E-state index contributed by atoms with van der Waals surface area (Å²) in [5.74, 6) is 2.38. The van der Waals surface area contributed by atoms with Crippen LogP contribution in [0.25, 0.3) is 0 Å². The summed E-state index contributed by atoms with van der Waals surface area (Å²) in [6.07, 6.45) is 2.16. The smallest absolute Gasteiger partial charge is 0.408 e. The van der Waals surface area contributed by atoms with E-state index in [4.69, 9.17) is 18.6 Å². The summed E-state index contributed by atoms with van der Waals surface area (Å²) < 4.78 is 22.5. The molecule has 0 radical (unpaired) electrons. The highest BCUT2D eigenvalue weighted by Gasteiger charge is 2.27. The zero-order chi connectivity index (χ0) is 21.9. The second-order valence-electron chi connectivity index (χ2n) is 8.71. The molecule has 2 aromatic rings. The molecule has 3 unspecified atom stereocenters. The number of amides is 1. The maximum absolute atomic E-state index is 12.4. The summed E-state index contributed by atoms with van der Waals surface area (Å²) >= 11 is 0. The van der Waals surface area contributed by atoms with Crippen molar-refractivity contribution in [2.45, 2.75) is 71.4 Å². The van der Waals surface area contributed by atoms with Crippen LogP contribution in [0.3, 0.4) is 0 Å². The second kappa shape index (κ2) is 9.00. The molecule has 3 atom stereocenters. The Labute approximate surface area is 178 Å². The van der Waals surface area contributed by atoms with Gasteiger partial charge in [-0.1, -0.05) is 0 Å². The molecular formula is C23H32N2O5. The zero-order valence-electron chi connectivity index (χ0n) is 18.6. The molecule has 0 aliphatic carbocycles. The fourth-order valence-corrected chi connectivity index (χ4v) is 3.54. The van der Waals surface area contributed by atoms with Gasteiger partial charge in [0.1, 0.15) is 35.0 Å². The number of hydrogen-bond donors (Lipinski definition) is 2. The molecular weight excluding hydrogens is 384 g/mol. The summed E-state index contributed by atoms with van der Waals surface area (Å²) in [7, 11) is 1.67. The first-order chi connectivity index (χ1) is 14.2. The zero-order valence-corrected chi connectivity index (χ0v) is 18.6. The van der Waals surface area contributed by atoms with E-state index in [2.05, 4.69) is 17.6 Å². The van der Waals surface area contributed by atoms with Crippen molar-refractivity contribution in [1.82, 2.24) is 10.6 Å². The molecule has 0 saturated heterocycles. The normalized spacial score (nSPS) is 17.6. The van der Waals surface area contributed by atoms with Crippen molar-refractivity contribution in [1.29, 1.82) is 0 Å². The lowest BCUT2D eigenvalue weighted by molar-refractivity contribution is 0.0485. The quantitative estimate of drug-likeness (QED) is 0.698. The third kappa shape index (κ3) is 5.48. The Morgan fingerprint density at radius 2 is 2.10 bits per heavy atom. The third-order valence-electron chi connectivity index (χ3n) is 4.94. The van der Waals surface area contributed by atoms with Crippen LogP contribution >= 0.6 is 0 Å². The summed E-state index contributed by atoms with van der Waals surface area (Å²) in [5.41, 5.74) is 1.58. The van der Waals surface area contributed by atoms with Gasteiger partial charge in [0.2, 0.25) is 0 Å². The number of benzene rings is 1. The van der Waals surface area contributed by atoms with E-state index in [9.17, 15) is 4.79 Å². The third-order valence-corrected chi connectivity index (χ3v) is 4.94. The number of alkyl carbamates (subject to hydrolysis) is 1. The van der Waals surface area contributed by atoms with E-state index in [1.54, 1.807) is 19.4 Å². The average Bonchev–Trinajstić information content (AvgIpc) is 3.30. The minimum absolute atomic E-state index is 0.138. The fraction of sp³-hybridized carbons (Fsp3) is 0.522. The van der Waals surface area contributed by atoms with E-state index < -0.39 is 17.7 Å². The summed E-state index contributed by atoms with van der Waals surface area (Å²) in [5, 5.41) is 6.38. The standard InChI is InChI=1S/C23H32N2O5/c1-14-10-16-11-19(27-6)17(12-20(16)29-14)13-24-15(2)21(18-8-7-9-28-18)25-22(26)30-23(3,4)5/h7-9,11-12,14-15,21,24H,10,13H2,1-6H3,(H,25,26). The maximum Gasteiger partial charge on any atom is 0.408 e. The first-order valence-corrected chi connectivity index (χ1v) is 10.3. The molecule has 1 aromatic carbocycles. The SMILES string of the molecule is COc1cc2c(cc1CNC(C)C(NC(=O)OC(C)(C)C)c1ccco1)OC(C)C2. The van der Waals surface area contributed by atoms with E-state index in [0.717, 1.165) is 29.0 Å². The number of furan rings is 1. The molecule has 2 N–H and O–H groups in total. The number of ether oxygens (including phenoxy) is 3. The van der Waals surface area contributed by atoms with Crippen molar-refractivity contribution in [3.05, 3.63) is 47.4 Å². The van der Waals surface area contributed by atoms with Crippen LogP contribution in [0.15, 0.2) is 34.9 Å². The molecule has 0 fully saturated rings. The summed E-state index contributed by atoms with van der Waals surface area (Å²) in [6, 6.07) is 7.18. The Bertz CT molecular complexity index is 857. The number of carbonyl (C=O) groups is 1. The van der Waals surface area contributed by atoms with Gasteiger partial charge in [-0.05, 0) is 58.9 Å².